The maximum Gasteiger partial charge on any atom is 0.320 e. The van der Waals surface area contributed by atoms with Gasteiger partial charge in [-0.25, -0.2) is 31.4 Å². The highest BCUT2D eigenvalue weighted by Gasteiger charge is 2.41. The Morgan fingerprint density at radius 2 is 1.81 bits per heavy atom. The van der Waals surface area contributed by atoms with E-state index in [1.165, 1.54) is 10.7 Å². The van der Waals surface area contributed by atoms with E-state index >= 15 is 0 Å². The highest BCUT2D eigenvalue weighted by atomic mass is 32.2. The van der Waals surface area contributed by atoms with Crippen LogP contribution in [-0.2, 0) is 10.0 Å². The number of nitrogens with one attached hydrogen (secondary N) is 1. The first-order valence-electron chi connectivity index (χ1n) is 14.1. The third-order valence-electron chi connectivity index (χ3n) is 8.56. The van der Waals surface area contributed by atoms with E-state index in [4.69, 9.17) is 0 Å². The molecule has 6 rings (SSSR count). The van der Waals surface area contributed by atoms with Crippen LogP contribution in [0.4, 0.5) is 19.3 Å². The third-order valence-corrected chi connectivity index (χ3v) is 11.1. The molecule has 1 aliphatic carbocycles. The number of piperazine rings is 1. The van der Waals surface area contributed by atoms with E-state index in [9.17, 15) is 22.0 Å². The lowest BCUT2D eigenvalue weighted by atomic mass is 10.0. The Labute approximate surface area is 247 Å². The van der Waals surface area contributed by atoms with Crippen molar-refractivity contribution in [2.24, 2.45) is 0 Å². The molecular formula is C26H35F2N9O3S2. The SMILES string of the molecule is CN1CCC(N(C)C(=O)N2CCN(c3cc(S(=O)(=O)NC4(C)CC4)cc4c3cnn4-c3nnc(C(F)F)s3)CC2)CC1. The molecule has 2 saturated heterocycles. The van der Waals surface area contributed by atoms with Gasteiger partial charge in [0, 0.05) is 55.9 Å². The van der Waals surface area contributed by atoms with Gasteiger partial charge in [0.05, 0.1) is 16.6 Å². The van der Waals surface area contributed by atoms with Crippen molar-refractivity contribution in [2.45, 2.75) is 55.5 Å². The summed E-state index contributed by atoms with van der Waals surface area (Å²) in [7, 11) is 0.0744. The molecule has 2 amide bonds. The first-order chi connectivity index (χ1) is 19.9. The summed E-state index contributed by atoms with van der Waals surface area (Å²) < 4.78 is 57.6. The van der Waals surface area contributed by atoms with Crippen LogP contribution < -0.4 is 9.62 Å². The number of hydrogen-bond donors (Lipinski definition) is 1. The molecule has 2 aliphatic heterocycles. The van der Waals surface area contributed by atoms with Gasteiger partial charge in [0.25, 0.3) is 6.43 Å². The van der Waals surface area contributed by atoms with Crippen molar-refractivity contribution in [3.63, 3.8) is 0 Å². The molecule has 2 aromatic heterocycles. The molecule has 1 saturated carbocycles. The van der Waals surface area contributed by atoms with Gasteiger partial charge in [0.1, 0.15) is 0 Å². The molecule has 16 heteroatoms. The number of piperidine rings is 1. The molecular weight excluding hydrogens is 588 g/mol. The number of alkyl halides is 2. The van der Waals surface area contributed by atoms with Gasteiger partial charge in [-0.2, -0.15) is 5.10 Å². The first-order valence-corrected chi connectivity index (χ1v) is 16.4. The number of fused-ring (bicyclic) bond motifs is 1. The number of urea groups is 1. The second-order valence-electron chi connectivity index (χ2n) is 11.7. The second kappa shape index (κ2) is 11.0. The summed E-state index contributed by atoms with van der Waals surface area (Å²) in [6.07, 6.45) is 2.21. The molecule has 1 aromatic carbocycles. The molecule has 0 unspecified atom stereocenters. The van der Waals surface area contributed by atoms with E-state index in [1.54, 1.807) is 12.3 Å². The number of rotatable bonds is 7. The Kier molecular flexibility index (Phi) is 7.60. The molecule has 3 fully saturated rings. The van der Waals surface area contributed by atoms with Crippen LogP contribution in [0.1, 0.15) is 44.0 Å². The Morgan fingerprint density at radius 3 is 2.43 bits per heavy atom. The maximum absolute atomic E-state index is 13.5. The van der Waals surface area contributed by atoms with Gasteiger partial charge in [-0.3, -0.25) is 0 Å². The van der Waals surface area contributed by atoms with E-state index < -0.39 is 27.0 Å². The number of likely N-dealkylation sites (tertiary alicyclic amines) is 1. The molecule has 4 heterocycles. The zero-order chi connectivity index (χ0) is 29.8. The fraction of sp³-hybridized carbons (Fsp3) is 0.615. The van der Waals surface area contributed by atoms with Gasteiger partial charge >= 0.3 is 6.03 Å². The second-order valence-corrected chi connectivity index (χ2v) is 14.4. The van der Waals surface area contributed by atoms with Gasteiger partial charge in [-0.1, -0.05) is 11.3 Å². The van der Waals surface area contributed by atoms with Crippen molar-refractivity contribution in [3.8, 4) is 5.13 Å². The largest absolute Gasteiger partial charge is 0.367 e. The van der Waals surface area contributed by atoms with E-state index in [0.29, 0.717) is 54.1 Å². The molecule has 0 spiro atoms. The van der Waals surface area contributed by atoms with Gasteiger partial charge in [0.15, 0.2) is 5.01 Å². The first kappa shape index (κ1) is 29.1. The van der Waals surface area contributed by atoms with Crippen molar-refractivity contribution < 1.29 is 22.0 Å². The lowest BCUT2D eigenvalue weighted by Gasteiger charge is -2.41. The van der Waals surface area contributed by atoms with Crippen molar-refractivity contribution >= 4 is 44.0 Å². The van der Waals surface area contributed by atoms with E-state index in [1.807, 2.05) is 23.8 Å². The average Bonchev–Trinajstić information content (AvgIpc) is 3.33. The maximum atomic E-state index is 13.5. The highest BCUT2D eigenvalue weighted by Crippen LogP contribution is 2.38. The molecule has 3 aromatic rings. The topological polar surface area (TPSA) is 120 Å². The lowest BCUT2D eigenvalue weighted by Crippen LogP contribution is -2.55. The smallest absolute Gasteiger partial charge is 0.320 e. The predicted octanol–water partition coefficient (Wildman–Crippen LogP) is 2.91. The Hall–Kier alpha value is -2.95. The number of amides is 2. The van der Waals surface area contributed by atoms with E-state index in [2.05, 4.69) is 36.9 Å². The van der Waals surface area contributed by atoms with Crippen LogP contribution in [-0.4, -0.2) is 114 Å². The standard InChI is InChI=1S/C26H35F2N9O3S2/c1-26(6-7-26)32-42(39,40)18-14-20(19-16-29-37(21(19)15-18)24-31-30-23(41-24)22(27)28)35-10-12-36(13-11-35)25(38)34(3)17-4-8-33(2)9-5-17/h14-17,22,32H,4-13H2,1-3H3. The minimum atomic E-state index is -3.89. The number of nitrogens with zero attached hydrogens (tertiary/aromatic N) is 8. The van der Waals surface area contributed by atoms with Crippen molar-refractivity contribution in [3.05, 3.63) is 23.3 Å². The Bertz CT molecular complexity index is 1570. The van der Waals surface area contributed by atoms with Crippen molar-refractivity contribution in [2.75, 3.05) is 58.3 Å². The molecule has 3 aliphatic rings. The Balaban J connectivity index is 1.28. The van der Waals surface area contributed by atoms with Crippen LogP contribution in [0.15, 0.2) is 23.2 Å². The summed E-state index contributed by atoms with van der Waals surface area (Å²) in [6.45, 7) is 5.74. The van der Waals surface area contributed by atoms with Crippen LogP contribution in [0.25, 0.3) is 16.0 Å². The Morgan fingerprint density at radius 1 is 1.12 bits per heavy atom. The molecule has 0 bridgehead atoms. The summed E-state index contributed by atoms with van der Waals surface area (Å²) in [4.78, 5) is 21.4. The number of sulfonamides is 1. The van der Waals surface area contributed by atoms with Crippen LogP contribution in [0, 0.1) is 0 Å². The van der Waals surface area contributed by atoms with Gasteiger partial charge in [0.2, 0.25) is 15.2 Å². The van der Waals surface area contributed by atoms with Gasteiger partial charge in [-0.15, -0.1) is 10.2 Å². The van der Waals surface area contributed by atoms with Crippen LogP contribution in [0.2, 0.25) is 0 Å². The molecule has 12 nitrogen and oxygen atoms in total. The summed E-state index contributed by atoms with van der Waals surface area (Å²) in [5.74, 6) is 0. The summed E-state index contributed by atoms with van der Waals surface area (Å²) in [6, 6.07) is 3.35. The van der Waals surface area contributed by atoms with Crippen molar-refractivity contribution in [1.29, 1.82) is 0 Å². The number of hydrogen-bond acceptors (Lipinski definition) is 9. The minimum Gasteiger partial charge on any atom is -0.367 e. The quantitative estimate of drug-likeness (QED) is 0.427. The van der Waals surface area contributed by atoms with E-state index in [-0.39, 0.29) is 22.1 Å². The summed E-state index contributed by atoms with van der Waals surface area (Å²) in [5, 5.41) is 12.2. The number of anilines is 1. The number of benzene rings is 1. The third kappa shape index (κ3) is 5.68. The minimum absolute atomic E-state index is 0.00600. The zero-order valence-electron chi connectivity index (χ0n) is 23.8. The van der Waals surface area contributed by atoms with E-state index in [0.717, 1.165) is 38.8 Å². The fourth-order valence-electron chi connectivity index (χ4n) is 5.63. The highest BCUT2D eigenvalue weighted by molar-refractivity contribution is 7.89. The summed E-state index contributed by atoms with van der Waals surface area (Å²) >= 11 is 0.704. The summed E-state index contributed by atoms with van der Waals surface area (Å²) in [5.41, 5.74) is 0.589. The van der Waals surface area contributed by atoms with Crippen LogP contribution in [0.3, 0.4) is 0 Å². The predicted molar refractivity (Wildman–Crippen MR) is 155 cm³/mol. The molecule has 0 atom stereocenters. The molecule has 0 radical (unpaired) electrons. The number of aromatic nitrogens is 4. The molecule has 228 valence electrons. The van der Waals surface area contributed by atoms with Gasteiger partial charge < -0.3 is 19.6 Å². The zero-order valence-corrected chi connectivity index (χ0v) is 25.5. The van der Waals surface area contributed by atoms with Crippen LogP contribution >= 0.6 is 11.3 Å². The molecule has 42 heavy (non-hydrogen) atoms. The lowest BCUT2D eigenvalue weighted by molar-refractivity contribution is 0.117. The number of carbonyl (C=O) groups excluding carboxylic acids is 1. The number of carbonyl (C=O) groups is 1. The fourth-order valence-corrected chi connectivity index (χ4v) is 7.80. The normalized spacial score (nSPS) is 20.0. The van der Waals surface area contributed by atoms with Crippen LogP contribution in [0.5, 0.6) is 0 Å². The average molecular weight is 624 g/mol. The monoisotopic (exact) mass is 623 g/mol. The molecule has 1 N–H and O–H groups in total. The number of halogens is 2. The van der Waals surface area contributed by atoms with Crippen molar-refractivity contribution in [1.82, 2.24) is 39.4 Å². The van der Waals surface area contributed by atoms with Gasteiger partial charge in [-0.05, 0) is 64.9 Å².